The van der Waals surface area contributed by atoms with Gasteiger partial charge in [-0.1, -0.05) is 30.3 Å². The molecule has 1 aliphatic rings. The summed E-state index contributed by atoms with van der Waals surface area (Å²) in [5, 5.41) is 0.908. The number of hydrogen-bond acceptors (Lipinski definition) is 4. The average Bonchev–Trinajstić information content (AvgIpc) is 3.14. The highest BCUT2D eigenvalue weighted by atomic mass is 32.1. The molecule has 0 bridgehead atoms. The molecule has 1 unspecified atom stereocenters. The molecule has 1 amide bonds. The summed E-state index contributed by atoms with van der Waals surface area (Å²) in [6.07, 6.45) is 1.01. The van der Waals surface area contributed by atoms with Gasteiger partial charge >= 0.3 is 0 Å². The third-order valence-electron chi connectivity index (χ3n) is 3.92. The highest BCUT2D eigenvalue weighted by molar-refractivity contribution is 7.17. The third kappa shape index (κ3) is 2.84. The maximum Gasteiger partial charge on any atom is 0.265 e. The van der Waals surface area contributed by atoms with E-state index in [4.69, 9.17) is 5.73 Å². The zero-order valence-corrected chi connectivity index (χ0v) is 12.9. The first-order chi connectivity index (χ1) is 10.2. The molecular formula is C16H19N3OS. The lowest BCUT2D eigenvalue weighted by Gasteiger charge is -2.15. The van der Waals surface area contributed by atoms with Crippen molar-refractivity contribution in [2.24, 2.45) is 11.7 Å². The Kier molecular flexibility index (Phi) is 4.03. The van der Waals surface area contributed by atoms with Gasteiger partial charge in [-0.25, -0.2) is 4.98 Å². The molecule has 1 saturated heterocycles. The van der Waals surface area contributed by atoms with E-state index in [0.717, 1.165) is 40.7 Å². The summed E-state index contributed by atoms with van der Waals surface area (Å²) in [5.41, 5.74) is 7.58. The van der Waals surface area contributed by atoms with Crippen molar-refractivity contribution in [3.63, 3.8) is 0 Å². The lowest BCUT2D eigenvalue weighted by atomic mass is 10.1. The van der Waals surface area contributed by atoms with Crippen LogP contribution in [-0.2, 0) is 0 Å². The van der Waals surface area contributed by atoms with Crippen LogP contribution in [0.5, 0.6) is 0 Å². The molecule has 0 aliphatic carbocycles. The van der Waals surface area contributed by atoms with Crippen molar-refractivity contribution in [1.29, 1.82) is 0 Å². The fourth-order valence-electron chi connectivity index (χ4n) is 2.65. The van der Waals surface area contributed by atoms with Gasteiger partial charge in [0.2, 0.25) is 0 Å². The molecule has 0 spiro atoms. The van der Waals surface area contributed by atoms with Gasteiger partial charge in [0.15, 0.2) is 0 Å². The van der Waals surface area contributed by atoms with Crippen LogP contribution in [0.1, 0.15) is 21.8 Å². The molecule has 1 atom stereocenters. The van der Waals surface area contributed by atoms with Gasteiger partial charge in [0.05, 0.1) is 5.69 Å². The van der Waals surface area contributed by atoms with Crippen LogP contribution >= 0.6 is 11.3 Å². The summed E-state index contributed by atoms with van der Waals surface area (Å²) in [4.78, 5) is 19.9. The lowest BCUT2D eigenvalue weighted by Crippen LogP contribution is -2.29. The number of carbonyl (C=O) groups excluding carboxylic acids is 1. The van der Waals surface area contributed by atoms with E-state index in [1.54, 1.807) is 0 Å². The summed E-state index contributed by atoms with van der Waals surface area (Å²) >= 11 is 1.48. The Morgan fingerprint density at radius 2 is 2.19 bits per heavy atom. The molecule has 2 heterocycles. The first-order valence-electron chi connectivity index (χ1n) is 7.21. The summed E-state index contributed by atoms with van der Waals surface area (Å²) in [7, 11) is 0. The SMILES string of the molecule is Cc1nc(-c2ccccc2)sc1C(=O)N1CCC(CN)C1. The fourth-order valence-corrected chi connectivity index (χ4v) is 3.69. The topological polar surface area (TPSA) is 59.2 Å². The number of carbonyl (C=O) groups is 1. The first kappa shape index (κ1) is 14.2. The molecule has 1 aromatic carbocycles. The monoisotopic (exact) mass is 301 g/mol. The number of nitrogens with zero attached hydrogens (tertiary/aromatic N) is 2. The van der Waals surface area contributed by atoms with Crippen LogP contribution in [-0.4, -0.2) is 35.4 Å². The minimum atomic E-state index is 0.100. The molecule has 0 saturated carbocycles. The smallest absolute Gasteiger partial charge is 0.265 e. The standard InChI is InChI=1S/C16H19N3OS/c1-11-14(16(20)19-8-7-12(9-17)10-19)21-15(18-11)13-5-3-2-4-6-13/h2-6,12H,7-10,17H2,1H3. The Bertz CT molecular complexity index is 638. The zero-order chi connectivity index (χ0) is 14.8. The van der Waals surface area contributed by atoms with Gasteiger partial charge in [-0.15, -0.1) is 11.3 Å². The van der Waals surface area contributed by atoms with Crippen molar-refractivity contribution < 1.29 is 4.79 Å². The second kappa shape index (κ2) is 5.95. The second-order valence-corrected chi connectivity index (χ2v) is 6.44. The number of amides is 1. The molecule has 1 aliphatic heterocycles. The maximum absolute atomic E-state index is 12.6. The molecule has 2 N–H and O–H groups in total. The Labute approximate surface area is 128 Å². The van der Waals surface area contributed by atoms with Crippen LogP contribution < -0.4 is 5.73 Å². The first-order valence-corrected chi connectivity index (χ1v) is 8.03. The normalized spacial score (nSPS) is 18.2. The molecule has 3 rings (SSSR count). The van der Waals surface area contributed by atoms with Gasteiger partial charge < -0.3 is 10.6 Å². The zero-order valence-electron chi connectivity index (χ0n) is 12.1. The van der Waals surface area contributed by atoms with Gasteiger partial charge in [0, 0.05) is 18.7 Å². The predicted octanol–water partition coefficient (Wildman–Crippen LogP) is 2.54. The molecule has 4 nitrogen and oxygen atoms in total. The second-order valence-electron chi connectivity index (χ2n) is 5.44. The van der Waals surface area contributed by atoms with Gasteiger partial charge in [-0.3, -0.25) is 4.79 Å². The summed E-state index contributed by atoms with van der Waals surface area (Å²) in [6, 6.07) is 9.99. The molecule has 1 aromatic heterocycles. The highest BCUT2D eigenvalue weighted by Gasteiger charge is 2.28. The summed E-state index contributed by atoms with van der Waals surface area (Å²) in [5.74, 6) is 0.541. The van der Waals surface area contributed by atoms with E-state index in [9.17, 15) is 4.79 Å². The number of benzene rings is 1. The Morgan fingerprint density at radius 1 is 1.43 bits per heavy atom. The Hall–Kier alpha value is -1.72. The number of aryl methyl sites for hydroxylation is 1. The third-order valence-corrected chi connectivity index (χ3v) is 5.11. The molecule has 2 aromatic rings. The highest BCUT2D eigenvalue weighted by Crippen LogP contribution is 2.29. The van der Waals surface area contributed by atoms with Gasteiger partial charge in [0.1, 0.15) is 9.88 Å². The predicted molar refractivity (Wildman–Crippen MR) is 85.4 cm³/mol. The van der Waals surface area contributed by atoms with Gasteiger partial charge in [0.25, 0.3) is 5.91 Å². The largest absolute Gasteiger partial charge is 0.338 e. The number of aromatic nitrogens is 1. The van der Waals surface area contributed by atoms with Crippen molar-refractivity contribution in [3.8, 4) is 10.6 Å². The van der Waals surface area contributed by atoms with Crippen LogP contribution in [0, 0.1) is 12.8 Å². The molecule has 21 heavy (non-hydrogen) atoms. The average molecular weight is 301 g/mol. The molecule has 0 radical (unpaired) electrons. The quantitative estimate of drug-likeness (QED) is 0.947. The van der Waals surface area contributed by atoms with Crippen LogP contribution in [0.3, 0.4) is 0 Å². The van der Waals surface area contributed by atoms with Crippen molar-refractivity contribution in [1.82, 2.24) is 9.88 Å². The minimum Gasteiger partial charge on any atom is -0.338 e. The Balaban J connectivity index is 1.83. The number of likely N-dealkylation sites (tertiary alicyclic amines) is 1. The van der Waals surface area contributed by atoms with Crippen molar-refractivity contribution in [2.45, 2.75) is 13.3 Å². The van der Waals surface area contributed by atoms with Crippen LogP contribution in [0.15, 0.2) is 30.3 Å². The van der Waals surface area contributed by atoms with E-state index in [2.05, 4.69) is 4.98 Å². The lowest BCUT2D eigenvalue weighted by molar-refractivity contribution is 0.0791. The van der Waals surface area contributed by atoms with Crippen molar-refractivity contribution in [2.75, 3.05) is 19.6 Å². The van der Waals surface area contributed by atoms with Crippen LogP contribution in [0.2, 0.25) is 0 Å². The molecule has 5 heteroatoms. The van der Waals surface area contributed by atoms with E-state index in [-0.39, 0.29) is 5.91 Å². The number of hydrogen-bond donors (Lipinski definition) is 1. The minimum absolute atomic E-state index is 0.100. The number of rotatable bonds is 3. The van der Waals surface area contributed by atoms with Gasteiger partial charge in [-0.2, -0.15) is 0 Å². The van der Waals surface area contributed by atoms with Crippen LogP contribution in [0.25, 0.3) is 10.6 Å². The number of thiazole rings is 1. The van der Waals surface area contributed by atoms with E-state index in [1.807, 2.05) is 42.2 Å². The van der Waals surface area contributed by atoms with Gasteiger partial charge in [-0.05, 0) is 25.8 Å². The fraction of sp³-hybridized carbons (Fsp3) is 0.375. The Morgan fingerprint density at radius 3 is 2.86 bits per heavy atom. The number of nitrogens with two attached hydrogens (primary N) is 1. The summed E-state index contributed by atoms with van der Waals surface area (Å²) in [6.45, 7) is 4.14. The molecule has 1 fully saturated rings. The van der Waals surface area contributed by atoms with E-state index in [0.29, 0.717) is 12.5 Å². The van der Waals surface area contributed by atoms with Crippen LogP contribution in [0.4, 0.5) is 0 Å². The van der Waals surface area contributed by atoms with E-state index in [1.165, 1.54) is 11.3 Å². The van der Waals surface area contributed by atoms with E-state index < -0.39 is 0 Å². The van der Waals surface area contributed by atoms with Crippen molar-refractivity contribution in [3.05, 3.63) is 40.9 Å². The molecular weight excluding hydrogens is 282 g/mol. The van der Waals surface area contributed by atoms with E-state index >= 15 is 0 Å². The summed E-state index contributed by atoms with van der Waals surface area (Å²) < 4.78 is 0. The van der Waals surface area contributed by atoms with Crippen molar-refractivity contribution >= 4 is 17.2 Å². The maximum atomic E-state index is 12.6. The molecule has 110 valence electrons.